The van der Waals surface area contributed by atoms with Gasteiger partial charge in [-0.1, -0.05) is 266 Å². The lowest BCUT2D eigenvalue weighted by Crippen LogP contribution is -2.37. The number of rotatable bonds is 7. The van der Waals surface area contributed by atoms with Gasteiger partial charge in [0.05, 0.1) is 29.4 Å². The topological polar surface area (TPSA) is 137 Å². The van der Waals surface area contributed by atoms with Crippen LogP contribution in [0.1, 0.15) is 48.6 Å². The van der Waals surface area contributed by atoms with Gasteiger partial charge in [0.25, 0.3) is 0 Å². The summed E-state index contributed by atoms with van der Waals surface area (Å²) in [6.45, 7) is 15.4. The standard InChI is InChI=1S/C29H22N3O.C27H26N3.C24H20N3O.C23H18N3/c1-19-23-14-8-9-15-24(23)28(33-22-12-4-3-5-13-22)18-25(19)29-30-26-16-20-10-6-7-11-21(20)17-27(26)31-32(29)2;1-17-20-12-8-9-13-21(20)23(27(2,3)4)16-22(17)26-28-24-14-18-10-6-7-11-19(18)15-25(24)29-30(26)5;1-15-18-10-6-7-11-19(18)23(28-3)14-20(15)24-25-21-12-16-8-4-5-9-17(16)13-22(21)26-27(24)2;1-15-11-12-16-7-5-6-10-19(16)22(15)23-24-20-13-17-8-3-4-9-18(17)14-21(20)25-26(23)2/h3-18H,1-2H3;6-16H,1-5H3;4-14H,1-3H3;3-14H,1-2H3/q4*+1. The average Bonchev–Trinajstić information content (AvgIpc) is 0.759. The van der Waals surface area contributed by atoms with Crippen molar-refractivity contribution in [3.63, 3.8) is 0 Å². The van der Waals surface area contributed by atoms with E-state index in [1.54, 1.807) is 7.11 Å². The molecule has 4 aromatic heterocycles. The zero-order valence-corrected chi connectivity index (χ0v) is 67.6. The van der Waals surface area contributed by atoms with E-state index < -0.39 is 0 Å². The van der Waals surface area contributed by atoms with Gasteiger partial charge in [-0.3, -0.25) is 0 Å². The molecule has 0 saturated heterocycles. The molecule has 14 nitrogen and oxygen atoms in total. The third-order valence-electron chi connectivity index (χ3n) is 22.5. The molecule has 17 aromatic carbocycles. The molecule has 21 aromatic rings. The molecule has 0 radical (unpaired) electrons. The van der Waals surface area contributed by atoms with Crippen LogP contribution in [-0.4, -0.2) is 47.4 Å². The first-order chi connectivity index (χ1) is 56.9. The minimum atomic E-state index is 0.0289. The highest BCUT2D eigenvalue weighted by atomic mass is 16.5. The molecule has 0 bridgehead atoms. The van der Waals surface area contributed by atoms with Crippen LogP contribution < -0.4 is 28.2 Å². The molecule has 0 fully saturated rings. The molecule has 0 aliphatic rings. The van der Waals surface area contributed by atoms with E-state index in [1.165, 1.54) is 70.7 Å². The van der Waals surface area contributed by atoms with E-state index in [9.17, 15) is 0 Å². The second-order valence-corrected chi connectivity index (χ2v) is 31.2. The number of aromatic nitrogens is 12. The van der Waals surface area contributed by atoms with Crippen molar-refractivity contribution in [2.45, 2.75) is 53.9 Å². The number of benzene rings is 17. The monoisotopic (exact) mass is 1520 g/mol. The number of para-hydroxylation sites is 1. The largest absolute Gasteiger partial charge is 0.496 e. The summed E-state index contributed by atoms with van der Waals surface area (Å²) in [7, 11) is 9.56. The number of aryl methyl sites for hydroxylation is 8. The van der Waals surface area contributed by atoms with E-state index in [2.05, 4.69) is 285 Å². The molecule has 0 aliphatic carbocycles. The highest BCUT2D eigenvalue weighted by molar-refractivity contribution is 6.03. The zero-order valence-electron chi connectivity index (χ0n) is 67.6. The van der Waals surface area contributed by atoms with E-state index in [-0.39, 0.29) is 5.41 Å². The average molecular weight is 1520 g/mol. The maximum atomic E-state index is 6.34. The maximum absolute atomic E-state index is 6.34. The highest BCUT2D eigenvalue weighted by Crippen LogP contribution is 2.41. The van der Waals surface area contributed by atoms with E-state index in [0.717, 1.165) is 150 Å². The molecule has 0 aliphatic heterocycles. The van der Waals surface area contributed by atoms with Crippen molar-refractivity contribution in [3.8, 4) is 62.8 Å². The number of fused-ring (bicyclic) bond motifs is 12. The lowest BCUT2D eigenvalue weighted by Gasteiger charge is -2.23. The molecule has 4 heterocycles. The Morgan fingerprint density at radius 3 is 0.940 bits per heavy atom. The van der Waals surface area contributed by atoms with Crippen molar-refractivity contribution in [2.24, 2.45) is 28.2 Å². The minimum Gasteiger partial charge on any atom is -0.496 e. The highest BCUT2D eigenvalue weighted by Gasteiger charge is 2.29. The van der Waals surface area contributed by atoms with Crippen LogP contribution in [0, 0.1) is 27.7 Å². The number of ether oxygens (including phenoxy) is 2. The Kier molecular flexibility index (Phi) is 19.2. The van der Waals surface area contributed by atoms with Crippen LogP contribution in [-0.2, 0) is 33.6 Å². The first kappa shape index (κ1) is 73.9. The van der Waals surface area contributed by atoms with Crippen molar-refractivity contribution in [2.75, 3.05) is 7.11 Å². The Labute approximate surface area is 677 Å². The van der Waals surface area contributed by atoms with Crippen LogP contribution in [0.15, 0.2) is 303 Å². The first-order valence-electron chi connectivity index (χ1n) is 39.5. The molecular formula is C103H86N12O2+4. The van der Waals surface area contributed by atoms with Crippen LogP contribution in [0.2, 0.25) is 0 Å². The van der Waals surface area contributed by atoms with Crippen molar-refractivity contribution < 1.29 is 28.2 Å². The van der Waals surface area contributed by atoms with E-state index in [1.807, 2.05) is 114 Å². The molecule has 0 spiro atoms. The summed E-state index contributed by atoms with van der Waals surface area (Å²) in [6, 6.07) is 105. The number of methoxy groups -OCH3 is 1. The second kappa shape index (κ2) is 30.4. The van der Waals surface area contributed by atoms with E-state index >= 15 is 0 Å². The lowest BCUT2D eigenvalue weighted by atomic mass is 9.81. The van der Waals surface area contributed by atoms with Gasteiger partial charge >= 0.3 is 23.3 Å². The van der Waals surface area contributed by atoms with Crippen molar-refractivity contribution in [3.05, 3.63) is 331 Å². The number of hydrogen-bond acceptors (Lipinski definition) is 10. The molecule has 0 saturated carbocycles. The van der Waals surface area contributed by atoms with Gasteiger partial charge in [0.15, 0.2) is 22.1 Å². The van der Waals surface area contributed by atoms with E-state index in [4.69, 9.17) is 49.8 Å². The van der Waals surface area contributed by atoms with Crippen LogP contribution in [0.3, 0.4) is 0 Å². The van der Waals surface area contributed by atoms with Crippen molar-refractivity contribution in [1.29, 1.82) is 0 Å². The lowest BCUT2D eigenvalue weighted by molar-refractivity contribution is -0.720. The van der Waals surface area contributed by atoms with Gasteiger partial charge in [0, 0.05) is 10.8 Å². The quantitative estimate of drug-likeness (QED) is 0.112. The number of nitrogens with zero attached hydrogens (tertiary/aromatic N) is 12. The fraction of sp³-hybridized carbons (Fsp3) is 0.126. The molecular weight excluding hydrogens is 1440 g/mol. The van der Waals surface area contributed by atoms with Crippen molar-refractivity contribution >= 4 is 130 Å². The minimum absolute atomic E-state index is 0.0289. The smallest absolute Gasteiger partial charge is 0.351 e. The maximum Gasteiger partial charge on any atom is 0.351 e. The van der Waals surface area contributed by atoms with E-state index in [0.29, 0.717) is 0 Å². The molecule has 21 rings (SSSR count). The SMILES string of the molecule is COc1cc(-c2nc3cc4ccccc4cc3n[n+]2C)c(C)c2ccccc12.Cc1c(-c2nc3cc4ccccc4cc3n[n+]2C)cc(C(C)(C)C)c2ccccc12.Cc1c(-c2nc3cc4ccccc4cc3n[n+]2C)cc(Oc2ccccc2)c2ccccc12.Cc1ccc2ccccc2c1-c1nc2cc3ccccc3cc2n[n+]1C. The first-order valence-corrected chi connectivity index (χ1v) is 39.5. The summed E-state index contributed by atoms with van der Waals surface area (Å²) in [4.78, 5) is 20.1. The molecule has 566 valence electrons. The van der Waals surface area contributed by atoms with Gasteiger partial charge in [-0.25, -0.2) is 0 Å². The van der Waals surface area contributed by atoms with Crippen LogP contribution in [0.4, 0.5) is 0 Å². The fourth-order valence-corrected chi connectivity index (χ4v) is 16.4. The predicted octanol–water partition coefficient (Wildman–Crippen LogP) is 22.0. The Balaban J connectivity index is 0.000000108. The van der Waals surface area contributed by atoms with Gasteiger partial charge in [-0.2, -0.15) is 0 Å². The summed E-state index contributed by atoms with van der Waals surface area (Å²) < 4.78 is 19.5. The fourth-order valence-electron chi connectivity index (χ4n) is 16.4. The summed E-state index contributed by atoms with van der Waals surface area (Å²) in [5, 5.41) is 38.2. The number of hydrogen-bond donors (Lipinski definition) is 0. The molecule has 0 atom stereocenters. The van der Waals surface area contributed by atoms with Crippen molar-refractivity contribution in [1.82, 2.24) is 40.3 Å². The Hall–Kier alpha value is -14.5. The summed E-state index contributed by atoms with van der Waals surface area (Å²) >= 11 is 0. The Morgan fingerprint density at radius 2 is 0.556 bits per heavy atom. The summed E-state index contributed by atoms with van der Waals surface area (Å²) in [5.74, 6) is 5.87. The molecule has 117 heavy (non-hydrogen) atoms. The predicted molar refractivity (Wildman–Crippen MR) is 475 cm³/mol. The second-order valence-electron chi connectivity index (χ2n) is 31.2. The molecule has 0 amide bonds. The third kappa shape index (κ3) is 14.1. The zero-order chi connectivity index (χ0) is 80.3. The summed E-state index contributed by atoms with van der Waals surface area (Å²) in [5.41, 5.74) is 17.6. The van der Waals surface area contributed by atoms with Gasteiger partial charge < -0.3 is 9.47 Å². The Morgan fingerprint density at radius 1 is 0.265 bits per heavy atom. The summed E-state index contributed by atoms with van der Waals surface area (Å²) in [6.07, 6.45) is 0. The third-order valence-corrected chi connectivity index (χ3v) is 22.5. The molecule has 0 N–H and O–H groups in total. The normalized spacial score (nSPS) is 11.6. The molecule has 14 heteroatoms. The van der Waals surface area contributed by atoms with Crippen LogP contribution in [0.25, 0.3) is 176 Å². The molecule has 0 unspecified atom stereocenters. The van der Waals surface area contributed by atoms with Gasteiger partial charge in [0.2, 0.25) is 22.1 Å². The van der Waals surface area contributed by atoms with Gasteiger partial charge in [0.1, 0.15) is 45.4 Å². The van der Waals surface area contributed by atoms with Crippen LogP contribution >= 0.6 is 0 Å². The van der Waals surface area contributed by atoms with Crippen LogP contribution in [0.5, 0.6) is 17.2 Å². The Bertz CT molecular complexity index is 7570. The van der Waals surface area contributed by atoms with Gasteiger partial charge in [-0.05, 0) is 235 Å². The van der Waals surface area contributed by atoms with Gasteiger partial charge in [-0.15, -0.1) is 18.7 Å².